The molecule has 0 atom stereocenters. The summed E-state index contributed by atoms with van der Waals surface area (Å²) < 4.78 is 0. The molecule has 1 aliphatic rings. The molecule has 0 spiro atoms. The van der Waals surface area contributed by atoms with Gasteiger partial charge >= 0.3 is 0 Å². The second-order valence-electron chi connectivity index (χ2n) is 4.46. The second-order valence-corrected chi connectivity index (χ2v) is 4.46. The summed E-state index contributed by atoms with van der Waals surface area (Å²) in [6.07, 6.45) is 12.0. The van der Waals surface area contributed by atoms with Crippen LogP contribution in [0.2, 0.25) is 0 Å². The lowest BCUT2D eigenvalue weighted by Crippen LogP contribution is -2.09. The number of aliphatic imine (C=N–C) groups is 2. The number of nitrogens with zero attached hydrogens (tertiary/aromatic N) is 2. The maximum atomic E-state index is 4.61. The first-order valence-corrected chi connectivity index (χ1v) is 6.10. The molecule has 0 unspecified atom stereocenters. The van der Waals surface area contributed by atoms with Gasteiger partial charge in [-0.15, -0.1) is 0 Å². The van der Waals surface area contributed by atoms with Gasteiger partial charge in [-0.3, -0.25) is 9.98 Å². The van der Waals surface area contributed by atoms with Gasteiger partial charge in [0, 0.05) is 11.9 Å². The first-order valence-electron chi connectivity index (χ1n) is 6.10. The van der Waals surface area contributed by atoms with E-state index in [1.807, 2.05) is 26.1 Å². The fourth-order valence-corrected chi connectivity index (χ4v) is 1.90. The quantitative estimate of drug-likeness (QED) is 0.504. The van der Waals surface area contributed by atoms with Crippen molar-refractivity contribution in [2.75, 3.05) is 0 Å². The predicted octanol–water partition coefficient (Wildman–Crippen LogP) is 3.94. The molecule has 2 heteroatoms. The van der Waals surface area contributed by atoms with Crippen LogP contribution in [0.25, 0.3) is 0 Å². The van der Waals surface area contributed by atoms with Crippen LogP contribution in [0.3, 0.4) is 0 Å². The van der Waals surface area contributed by atoms with Crippen LogP contribution < -0.4 is 0 Å². The van der Waals surface area contributed by atoms with E-state index in [0.717, 1.165) is 11.4 Å². The molecule has 1 rings (SSSR count). The van der Waals surface area contributed by atoms with Crippen molar-refractivity contribution in [1.82, 2.24) is 0 Å². The van der Waals surface area contributed by atoms with E-state index >= 15 is 0 Å². The highest BCUT2D eigenvalue weighted by atomic mass is 14.8. The topological polar surface area (TPSA) is 24.7 Å². The van der Waals surface area contributed by atoms with E-state index in [1.165, 1.54) is 32.1 Å². The minimum absolute atomic E-state index is 0.509. The highest BCUT2D eigenvalue weighted by Crippen LogP contribution is 2.20. The van der Waals surface area contributed by atoms with Crippen LogP contribution in [-0.4, -0.2) is 18.0 Å². The fraction of sp³-hybridized carbons (Fsp3) is 0.571. The van der Waals surface area contributed by atoms with E-state index in [1.54, 1.807) is 6.08 Å². The van der Waals surface area contributed by atoms with Gasteiger partial charge in [0.25, 0.3) is 0 Å². The Morgan fingerprint density at radius 2 is 1.88 bits per heavy atom. The Morgan fingerprint density at radius 3 is 2.44 bits per heavy atom. The van der Waals surface area contributed by atoms with Crippen LogP contribution in [0, 0.1) is 0 Å². The van der Waals surface area contributed by atoms with Gasteiger partial charge in [-0.05, 0) is 32.8 Å². The molecule has 0 bridgehead atoms. The first kappa shape index (κ1) is 12.9. The minimum Gasteiger partial charge on any atom is -0.288 e. The van der Waals surface area contributed by atoms with E-state index in [2.05, 4.69) is 16.6 Å². The molecule has 0 saturated heterocycles. The predicted molar refractivity (Wildman–Crippen MR) is 72.4 cm³/mol. The zero-order chi connectivity index (χ0) is 11.8. The maximum Gasteiger partial charge on any atom is 0.0806 e. The molecule has 0 aromatic heterocycles. The zero-order valence-electron chi connectivity index (χ0n) is 10.4. The van der Waals surface area contributed by atoms with E-state index in [0.29, 0.717) is 6.04 Å². The van der Waals surface area contributed by atoms with Gasteiger partial charge < -0.3 is 0 Å². The second kappa shape index (κ2) is 7.15. The molecular weight excluding hydrogens is 196 g/mol. The summed E-state index contributed by atoms with van der Waals surface area (Å²) in [6.45, 7) is 7.68. The standard InChI is InChI=1S/C14H22N2/c1-4-8-14(16-12(2)3)11-15-13-9-6-5-7-10-13/h4,8,11,13H,1,5-7,9-10H2,2-3H3/b14-8-,15-11+. The van der Waals surface area contributed by atoms with Crippen LogP contribution in [0.5, 0.6) is 0 Å². The third-order valence-electron chi connectivity index (χ3n) is 2.63. The van der Waals surface area contributed by atoms with Crippen molar-refractivity contribution < 1.29 is 0 Å². The molecule has 88 valence electrons. The summed E-state index contributed by atoms with van der Waals surface area (Å²) in [6, 6.07) is 0.509. The lowest BCUT2D eigenvalue weighted by atomic mass is 9.96. The molecule has 0 heterocycles. The Labute approximate surface area is 98.9 Å². The van der Waals surface area contributed by atoms with Crippen LogP contribution >= 0.6 is 0 Å². The average molecular weight is 218 g/mol. The van der Waals surface area contributed by atoms with Gasteiger partial charge in [-0.25, -0.2) is 0 Å². The molecule has 0 aromatic rings. The summed E-state index contributed by atoms with van der Waals surface area (Å²) in [7, 11) is 0. The summed E-state index contributed by atoms with van der Waals surface area (Å²) >= 11 is 0. The maximum absolute atomic E-state index is 4.61. The van der Waals surface area contributed by atoms with E-state index in [-0.39, 0.29) is 0 Å². The largest absolute Gasteiger partial charge is 0.288 e. The first-order chi connectivity index (χ1) is 7.72. The lowest BCUT2D eigenvalue weighted by Gasteiger charge is -2.17. The summed E-state index contributed by atoms with van der Waals surface area (Å²) in [5, 5.41) is 0. The molecule has 16 heavy (non-hydrogen) atoms. The van der Waals surface area contributed by atoms with Gasteiger partial charge in [0.2, 0.25) is 0 Å². The van der Waals surface area contributed by atoms with Crippen LogP contribution in [0.15, 0.2) is 34.4 Å². The minimum atomic E-state index is 0.509. The molecule has 2 nitrogen and oxygen atoms in total. The normalized spacial score (nSPS) is 18.8. The van der Waals surface area contributed by atoms with Gasteiger partial charge in [-0.2, -0.15) is 0 Å². The number of allylic oxidation sites excluding steroid dienone is 3. The summed E-state index contributed by atoms with van der Waals surface area (Å²) in [5.41, 5.74) is 1.95. The van der Waals surface area contributed by atoms with Gasteiger partial charge in [0.05, 0.1) is 11.7 Å². The Morgan fingerprint density at radius 1 is 1.19 bits per heavy atom. The van der Waals surface area contributed by atoms with E-state index in [9.17, 15) is 0 Å². The number of rotatable bonds is 4. The Hall–Kier alpha value is -1.18. The third-order valence-corrected chi connectivity index (χ3v) is 2.63. The van der Waals surface area contributed by atoms with Crippen LogP contribution in [0.1, 0.15) is 46.0 Å². The monoisotopic (exact) mass is 218 g/mol. The molecule has 1 saturated carbocycles. The molecular formula is C14H22N2. The average Bonchev–Trinajstić information content (AvgIpc) is 2.27. The van der Waals surface area contributed by atoms with Crippen LogP contribution in [-0.2, 0) is 0 Å². The van der Waals surface area contributed by atoms with Crippen molar-refractivity contribution in [3.63, 3.8) is 0 Å². The number of hydrogen-bond acceptors (Lipinski definition) is 2. The summed E-state index contributed by atoms with van der Waals surface area (Å²) in [4.78, 5) is 9.02. The Balaban J connectivity index is 2.60. The van der Waals surface area contributed by atoms with Gasteiger partial charge in [0.1, 0.15) is 0 Å². The van der Waals surface area contributed by atoms with Crippen molar-refractivity contribution in [1.29, 1.82) is 0 Å². The van der Waals surface area contributed by atoms with Crippen molar-refractivity contribution in [3.05, 3.63) is 24.4 Å². The molecule has 1 fully saturated rings. The highest BCUT2D eigenvalue weighted by Gasteiger charge is 2.10. The van der Waals surface area contributed by atoms with Crippen molar-refractivity contribution in [3.8, 4) is 0 Å². The highest BCUT2D eigenvalue weighted by molar-refractivity contribution is 5.87. The van der Waals surface area contributed by atoms with Gasteiger partial charge in [0.15, 0.2) is 0 Å². The molecule has 0 amide bonds. The van der Waals surface area contributed by atoms with Crippen molar-refractivity contribution in [2.45, 2.75) is 52.0 Å². The Kier molecular flexibility index (Phi) is 5.76. The SMILES string of the molecule is C=C/C=C(/C=N/C1CCCCC1)N=C(C)C. The Bertz CT molecular complexity index is 301. The van der Waals surface area contributed by atoms with E-state index in [4.69, 9.17) is 0 Å². The van der Waals surface area contributed by atoms with Gasteiger partial charge in [-0.1, -0.05) is 31.9 Å². The molecule has 0 N–H and O–H groups in total. The van der Waals surface area contributed by atoms with Crippen molar-refractivity contribution in [2.24, 2.45) is 9.98 Å². The molecule has 1 aliphatic carbocycles. The lowest BCUT2D eigenvalue weighted by molar-refractivity contribution is 0.444. The number of hydrogen-bond donors (Lipinski definition) is 0. The molecule has 0 aliphatic heterocycles. The van der Waals surface area contributed by atoms with Crippen molar-refractivity contribution >= 4 is 11.9 Å². The third kappa shape index (κ3) is 5.06. The van der Waals surface area contributed by atoms with Crippen LogP contribution in [0.4, 0.5) is 0 Å². The smallest absolute Gasteiger partial charge is 0.0806 e. The molecule has 0 aromatic carbocycles. The summed E-state index contributed by atoms with van der Waals surface area (Å²) in [5.74, 6) is 0. The molecule has 0 radical (unpaired) electrons. The zero-order valence-corrected chi connectivity index (χ0v) is 10.4. The fourth-order valence-electron chi connectivity index (χ4n) is 1.90. The van der Waals surface area contributed by atoms with E-state index < -0.39 is 0 Å².